The van der Waals surface area contributed by atoms with Crippen LogP contribution in [0.25, 0.3) is 0 Å². The van der Waals surface area contributed by atoms with Gasteiger partial charge in [-0.05, 0) is 48.4 Å². The molecule has 0 atom stereocenters. The number of carbonyl (C=O) groups is 2. The van der Waals surface area contributed by atoms with E-state index in [0.29, 0.717) is 18.5 Å². The highest BCUT2D eigenvalue weighted by molar-refractivity contribution is 7.94. The van der Waals surface area contributed by atoms with Crippen molar-refractivity contribution in [3.05, 3.63) is 59.7 Å². The summed E-state index contributed by atoms with van der Waals surface area (Å²) in [5.41, 5.74) is 1.73. The van der Waals surface area contributed by atoms with E-state index in [-0.39, 0.29) is 23.8 Å². The molecule has 8 heteroatoms. The molecule has 0 saturated carbocycles. The lowest BCUT2D eigenvalue weighted by molar-refractivity contribution is -0.116. The van der Waals surface area contributed by atoms with Gasteiger partial charge in [0, 0.05) is 18.5 Å². The van der Waals surface area contributed by atoms with Gasteiger partial charge in [0.05, 0.1) is 18.6 Å². The largest absolute Gasteiger partial charge is 0.497 e. The van der Waals surface area contributed by atoms with Crippen molar-refractivity contribution in [1.29, 1.82) is 0 Å². The summed E-state index contributed by atoms with van der Waals surface area (Å²) in [6.07, 6.45) is 0.657. The number of nitrogens with zero attached hydrogens (tertiary/aromatic N) is 1. The number of ether oxygens (including phenoxy) is 1. The van der Waals surface area contributed by atoms with E-state index in [0.717, 1.165) is 15.6 Å². The van der Waals surface area contributed by atoms with Crippen LogP contribution in [0.1, 0.15) is 22.3 Å². The van der Waals surface area contributed by atoms with E-state index < -0.39 is 15.9 Å². The van der Waals surface area contributed by atoms with Gasteiger partial charge < -0.3 is 10.1 Å². The maximum Gasteiger partial charge on any atom is 0.251 e. The Kier molecular flexibility index (Phi) is 5.46. The zero-order chi connectivity index (χ0) is 19.4. The van der Waals surface area contributed by atoms with E-state index in [1.165, 1.54) is 24.3 Å². The maximum atomic E-state index is 12.2. The molecule has 7 nitrogen and oxygen atoms in total. The molecule has 2 amide bonds. The number of nitrogens with one attached hydrogen (secondary N) is 1. The minimum Gasteiger partial charge on any atom is -0.497 e. The monoisotopic (exact) mass is 388 g/mol. The predicted molar refractivity (Wildman–Crippen MR) is 101 cm³/mol. The molecule has 1 heterocycles. The van der Waals surface area contributed by atoms with E-state index in [9.17, 15) is 18.0 Å². The molecule has 0 bridgehead atoms. The molecule has 1 aliphatic rings. The fraction of sp³-hybridized carbons (Fsp3) is 0.263. The lowest BCUT2D eigenvalue weighted by Gasteiger charge is -2.15. The normalized spacial score (nSPS) is 15.6. The number of methoxy groups -OCH3 is 1. The van der Waals surface area contributed by atoms with Crippen molar-refractivity contribution in [2.24, 2.45) is 0 Å². The number of rotatable bonds is 6. The van der Waals surface area contributed by atoms with Gasteiger partial charge in [-0.25, -0.2) is 12.7 Å². The summed E-state index contributed by atoms with van der Waals surface area (Å²) in [6, 6.07) is 13.6. The van der Waals surface area contributed by atoms with Gasteiger partial charge in [-0.2, -0.15) is 0 Å². The van der Waals surface area contributed by atoms with E-state index in [1.807, 2.05) is 24.3 Å². The van der Waals surface area contributed by atoms with E-state index >= 15 is 0 Å². The van der Waals surface area contributed by atoms with Crippen LogP contribution in [-0.2, 0) is 21.2 Å². The van der Waals surface area contributed by atoms with Crippen molar-refractivity contribution < 1.29 is 22.7 Å². The second-order valence-corrected chi connectivity index (χ2v) is 8.06. The van der Waals surface area contributed by atoms with Crippen molar-refractivity contribution in [1.82, 2.24) is 5.32 Å². The summed E-state index contributed by atoms with van der Waals surface area (Å²) >= 11 is 0. The minimum absolute atomic E-state index is 0.0179. The third kappa shape index (κ3) is 4.28. The highest BCUT2D eigenvalue weighted by Crippen LogP contribution is 2.25. The number of carbonyl (C=O) groups excluding carboxylic acids is 2. The van der Waals surface area contributed by atoms with Crippen LogP contribution >= 0.6 is 0 Å². The predicted octanol–water partition coefficient (Wildman–Crippen LogP) is 1.73. The SMILES string of the molecule is COc1ccc(CCNC(=O)c2ccc(N3C(=O)CCS3(=O)=O)cc2)cc1. The molecule has 0 aromatic heterocycles. The number of hydrogen-bond acceptors (Lipinski definition) is 5. The van der Waals surface area contributed by atoms with Crippen LogP contribution < -0.4 is 14.4 Å². The van der Waals surface area contributed by atoms with Gasteiger partial charge in [0.1, 0.15) is 5.75 Å². The van der Waals surface area contributed by atoms with Gasteiger partial charge in [0.15, 0.2) is 0 Å². The van der Waals surface area contributed by atoms with E-state index in [2.05, 4.69) is 5.32 Å². The fourth-order valence-electron chi connectivity index (χ4n) is 2.83. The molecule has 3 rings (SSSR count). The summed E-state index contributed by atoms with van der Waals surface area (Å²) in [5.74, 6) is -0.113. The van der Waals surface area contributed by atoms with Gasteiger partial charge in [-0.3, -0.25) is 9.59 Å². The van der Waals surface area contributed by atoms with Crippen molar-refractivity contribution in [2.45, 2.75) is 12.8 Å². The number of benzene rings is 2. The van der Waals surface area contributed by atoms with Crippen LogP contribution in [0.3, 0.4) is 0 Å². The number of sulfonamides is 1. The van der Waals surface area contributed by atoms with Crippen LogP contribution in [0, 0.1) is 0 Å². The molecule has 0 radical (unpaired) electrons. The first kappa shape index (κ1) is 18.9. The fourth-order valence-corrected chi connectivity index (χ4v) is 4.29. The molecule has 0 unspecified atom stereocenters. The first-order chi connectivity index (χ1) is 12.9. The van der Waals surface area contributed by atoms with Crippen molar-refractivity contribution in [3.63, 3.8) is 0 Å². The first-order valence-electron chi connectivity index (χ1n) is 8.48. The van der Waals surface area contributed by atoms with Gasteiger partial charge in [-0.15, -0.1) is 0 Å². The second-order valence-electron chi connectivity index (χ2n) is 6.13. The lowest BCUT2D eigenvalue weighted by Crippen LogP contribution is -2.29. The second kappa shape index (κ2) is 7.79. The van der Waals surface area contributed by atoms with Crippen molar-refractivity contribution in [2.75, 3.05) is 23.7 Å². The van der Waals surface area contributed by atoms with Gasteiger partial charge in [-0.1, -0.05) is 12.1 Å². The Bertz CT molecular complexity index is 937. The van der Waals surface area contributed by atoms with E-state index in [1.54, 1.807) is 7.11 Å². The van der Waals surface area contributed by atoms with Crippen LogP contribution in [0.2, 0.25) is 0 Å². The van der Waals surface area contributed by atoms with Crippen LogP contribution in [0.4, 0.5) is 5.69 Å². The zero-order valence-electron chi connectivity index (χ0n) is 14.8. The zero-order valence-corrected chi connectivity index (χ0v) is 15.7. The Morgan fingerprint density at radius 1 is 1.11 bits per heavy atom. The molecule has 142 valence electrons. The first-order valence-corrected chi connectivity index (χ1v) is 10.1. The maximum absolute atomic E-state index is 12.2. The van der Waals surface area contributed by atoms with Crippen molar-refractivity contribution in [3.8, 4) is 5.75 Å². The van der Waals surface area contributed by atoms with Gasteiger partial charge in [0.25, 0.3) is 5.91 Å². The summed E-state index contributed by atoms with van der Waals surface area (Å²) in [7, 11) is -1.99. The van der Waals surface area contributed by atoms with Crippen molar-refractivity contribution >= 4 is 27.5 Å². The summed E-state index contributed by atoms with van der Waals surface area (Å²) in [4.78, 5) is 24.0. The lowest BCUT2D eigenvalue weighted by atomic mass is 10.1. The van der Waals surface area contributed by atoms with Crippen LogP contribution in [0.15, 0.2) is 48.5 Å². The molecule has 1 N–H and O–H groups in total. The molecular weight excluding hydrogens is 368 g/mol. The number of hydrogen-bond donors (Lipinski definition) is 1. The molecule has 0 spiro atoms. The minimum atomic E-state index is -3.60. The summed E-state index contributed by atoms with van der Waals surface area (Å²) in [5, 5.41) is 2.82. The Hall–Kier alpha value is -2.87. The molecule has 27 heavy (non-hydrogen) atoms. The Labute approximate surface area is 158 Å². The van der Waals surface area contributed by atoms with E-state index in [4.69, 9.17) is 4.74 Å². The van der Waals surface area contributed by atoms with Crippen LogP contribution in [0.5, 0.6) is 5.75 Å². The number of amides is 2. The number of anilines is 1. The standard InChI is InChI=1S/C19H20N2O5S/c1-26-17-8-2-14(3-9-17)10-12-20-19(23)15-4-6-16(7-5-15)21-18(22)11-13-27(21,24)25/h2-9H,10-13H2,1H3,(H,20,23). The molecule has 1 aliphatic heterocycles. The highest BCUT2D eigenvalue weighted by Gasteiger charge is 2.36. The third-order valence-electron chi connectivity index (χ3n) is 4.30. The Balaban J connectivity index is 1.58. The van der Waals surface area contributed by atoms with Gasteiger partial charge >= 0.3 is 0 Å². The summed E-state index contributed by atoms with van der Waals surface area (Å²) < 4.78 is 29.8. The quantitative estimate of drug-likeness (QED) is 0.814. The summed E-state index contributed by atoms with van der Waals surface area (Å²) in [6.45, 7) is 0.464. The molecule has 1 fully saturated rings. The molecule has 2 aromatic rings. The van der Waals surface area contributed by atoms with Gasteiger partial charge in [0.2, 0.25) is 15.9 Å². The van der Waals surface area contributed by atoms with Crippen LogP contribution in [-0.4, -0.2) is 39.6 Å². The average Bonchev–Trinajstić information content (AvgIpc) is 2.95. The molecular formula is C19H20N2O5S. The molecule has 2 aromatic carbocycles. The molecule has 0 aliphatic carbocycles. The third-order valence-corrected chi connectivity index (χ3v) is 5.99. The molecule has 1 saturated heterocycles. The smallest absolute Gasteiger partial charge is 0.251 e. The highest BCUT2D eigenvalue weighted by atomic mass is 32.2. The topological polar surface area (TPSA) is 92.8 Å². The average molecular weight is 388 g/mol. The Morgan fingerprint density at radius 2 is 1.78 bits per heavy atom. The Morgan fingerprint density at radius 3 is 2.33 bits per heavy atom.